The molecule has 0 aromatic carbocycles. The van der Waals surface area contributed by atoms with Gasteiger partial charge in [-0.1, -0.05) is 0 Å². The van der Waals surface area contributed by atoms with E-state index in [9.17, 15) is 9.59 Å². The molecule has 3 rings (SSSR count). The van der Waals surface area contributed by atoms with E-state index in [-0.39, 0.29) is 121 Å². The summed E-state index contributed by atoms with van der Waals surface area (Å²) in [5, 5.41) is 2.95. The number of nitrogens with one attached hydrogen (secondary N) is 1. The van der Waals surface area contributed by atoms with Gasteiger partial charge in [0.25, 0.3) is 0 Å². The van der Waals surface area contributed by atoms with Gasteiger partial charge in [-0.05, 0) is 13.8 Å². The Morgan fingerprint density at radius 1 is 0.453 bits per heavy atom. The molecule has 0 aliphatic rings. The summed E-state index contributed by atoms with van der Waals surface area (Å²) in [5.74, 6) is 1.00. The molecule has 0 bridgehead atoms. The van der Waals surface area contributed by atoms with Gasteiger partial charge in [-0.25, -0.2) is 0 Å². The second-order valence-corrected chi connectivity index (χ2v) is 13.5. The van der Waals surface area contributed by atoms with Gasteiger partial charge >= 0.3 is 0 Å². The van der Waals surface area contributed by atoms with Crippen LogP contribution in [-0.2, 0) is 47.5 Å². The maximum Gasteiger partial charge on any atom is 0.238 e. The Morgan fingerprint density at radius 3 is 1.31 bits per heavy atom. The number of rotatable bonds is 31. The Hall–Kier alpha value is -5.75. The van der Waals surface area contributed by atoms with Crippen LogP contribution in [0, 0.1) is 0 Å². The lowest BCUT2D eigenvalue weighted by Crippen LogP contribution is -2.43. The normalized spacial score (nSPS) is 11.0. The van der Waals surface area contributed by atoms with Crippen LogP contribution in [0.3, 0.4) is 0 Å². The number of amides is 2. The van der Waals surface area contributed by atoms with Crippen LogP contribution in [0.5, 0.6) is 0 Å². The molecule has 3 aromatic rings. The lowest BCUT2D eigenvalue weighted by Gasteiger charge is -2.32. The molecule has 358 valence electrons. The van der Waals surface area contributed by atoms with Crippen molar-refractivity contribution in [3.05, 3.63) is 0 Å². The molecule has 1 N–H and O–H groups in total. The first-order valence-corrected chi connectivity index (χ1v) is 19.8. The molecule has 0 saturated heterocycles. The highest BCUT2D eigenvalue weighted by Gasteiger charge is 2.26. The first-order valence-electron chi connectivity index (χ1n) is 19.8. The highest BCUT2D eigenvalue weighted by Crippen LogP contribution is 2.24. The van der Waals surface area contributed by atoms with E-state index < -0.39 is 0 Å². The molecule has 0 radical (unpaired) electrons. The molecule has 0 fully saturated rings. The molecule has 0 saturated carbocycles. The smallest absolute Gasteiger partial charge is 0.238 e. The number of ether oxygens (including phenoxy) is 8. The van der Waals surface area contributed by atoms with Gasteiger partial charge in [0.15, 0.2) is 0 Å². The van der Waals surface area contributed by atoms with E-state index in [0.29, 0.717) is 25.0 Å². The average Bonchev–Trinajstić information content (AvgIpc) is 3.28. The van der Waals surface area contributed by atoms with Gasteiger partial charge in [-0.15, -0.1) is 0 Å². The molecule has 0 atom stereocenters. The number of methoxy groups -OCH3 is 7. The van der Waals surface area contributed by atoms with Crippen molar-refractivity contribution in [1.29, 1.82) is 0 Å². The SMILES string of the molecule is CCN(COC)c1nc(N(C)COC)nc(N(COC)CN(COC)c2nc(N(COC)COCN(COC)c3nc(NCOC)nc(N(CC)C(C)=O)n3)nc(N(C)C(C)=O)n2)n1. The molecule has 3 aromatic heterocycles. The first kappa shape index (κ1) is 52.6. The number of carbonyl (C=O) groups excluding carboxylic acids is 2. The van der Waals surface area contributed by atoms with E-state index in [1.807, 2.05) is 11.8 Å². The van der Waals surface area contributed by atoms with Crippen molar-refractivity contribution in [2.45, 2.75) is 27.7 Å². The minimum Gasteiger partial charge on any atom is -0.364 e. The van der Waals surface area contributed by atoms with Gasteiger partial charge in [0.2, 0.25) is 65.3 Å². The molecule has 0 unspecified atom stereocenters. The van der Waals surface area contributed by atoms with Crippen LogP contribution in [0.1, 0.15) is 27.7 Å². The molecule has 0 spiro atoms. The van der Waals surface area contributed by atoms with Crippen LogP contribution < -0.4 is 44.5 Å². The summed E-state index contributed by atoms with van der Waals surface area (Å²) in [6, 6.07) is 0. The fourth-order valence-electron chi connectivity index (χ4n) is 5.47. The molecule has 2 amide bonds. The predicted molar refractivity (Wildman–Crippen MR) is 236 cm³/mol. The van der Waals surface area contributed by atoms with Crippen LogP contribution in [0.2, 0.25) is 0 Å². The summed E-state index contributed by atoms with van der Waals surface area (Å²) in [7, 11) is 14.1. The Morgan fingerprint density at radius 2 is 0.859 bits per heavy atom. The summed E-state index contributed by atoms with van der Waals surface area (Å²) >= 11 is 0. The minimum absolute atomic E-state index is 0.00718. The highest BCUT2D eigenvalue weighted by atomic mass is 16.5. The topological polar surface area (TPSA) is 262 Å². The number of aromatic nitrogens is 9. The maximum absolute atomic E-state index is 12.7. The molecule has 28 heteroatoms. The third kappa shape index (κ3) is 15.2. The molecule has 64 heavy (non-hydrogen) atoms. The van der Waals surface area contributed by atoms with Crippen molar-refractivity contribution in [3.63, 3.8) is 0 Å². The first-order chi connectivity index (χ1) is 30.8. The monoisotopic (exact) mass is 909 g/mol. The van der Waals surface area contributed by atoms with Crippen molar-refractivity contribution < 1.29 is 47.5 Å². The van der Waals surface area contributed by atoms with Crippen LogP contribution >= 0.6 is 0 Å². The summed E-state index contributed by atoms with van der Waals surface area (Å²) < 4.78 is 44.4. The summed E-state index contributed by atoms with van der Waals surface area (Å²) in [4.78, 5) is 79.8. The van der Waals surface area contributed by atoms with Gasteiger partial charge in [0.05, 0.1) is 0 Å². The van der Waals surface area contributed by atoms with E-state index in [4.69, 9.17) is 52.8 Å². The van der Waals surface area contributed by atoms with E-state index in [0.717, 1.165) is 0 Å². The maximum atomic E-state index is 12.7. The van der Waals surface area contributed by atoms with E-state index in [2.05, 4.69) is 35.2 Å². The Balaban J connectivity index is 2.08. The third-order valence-electron chi connectivity index (χ3n) is 8.62. The largest absolute Gasteiger partial charge is 0.364 e. The average molecular weight is 909 g/mol. The highest BCUT2D eigenvalue weighted by molar-refractivity contribution is 5.90. The van der Waals surface area contributed by atoms with Gasteiger partial charge in [-0.2, -0.15) is 44.9 Å². The second kappa shape index (κ2) is 27.4. The quantitative estimate of drug-likeness (QED) is 0.0834. The third-order valence-corrected chi connectivity index (χ3v) is 8.62. The van der Waals surface area contributed by atoms with Crippen molar-refractivity contribution in [2.24, 2.45) is 0 Å². The van der Waals surface area contributed by atoms with Gasteiger partial charge in [0.1, 0.15) is 67.2 Å². The molecular weight excluding hydrogens is 845 g/mol. The number of nitrogens with zero attached hydrogens (tertiary/aromatic N) is 17. The van der Waals surface area contributed by atoms with Crippen molar-refractivity contribution >= 4 is 65.3 Å². The summed E-state index contributed by atoms with van der Waals surface area (Å²) in [5.41, 5.74) is 0. The van der Waals surface area contributed by atoms with Crippen molar-refractivity contribution in [2.75, 3.05) is 189 Å². The molecule has 3 heterocycles. The minimum atomic E-state index is -0.336. The zero-order valence-electron chi connectivity index (χ0n) is 39.2. The number of hydrogen-bond acceptors (Lipinski definition) is 26. The number of anilines is 9. The molecule has 0 aliphatic carbocycles. The standard InChI is InChI=1S/C36H64N18O10/c1-14-49(19-59-9)32-40-29(47(5)18-58-8)41-33(44-32)50(20-60-10)17-51(21-61-11)34-42-30(48(6)26(3)55)43-35(45-34)53(23-63-13)25-64-24-52(22-62-12)31-38-28(37-16-57-7)39-36(46-31)54(15-2)27(4)56/h14-25H2,1-13H3,(H,37,38,39,46). The Bertz CT molecular complexity index is 1870. The van der Waals surface area contributed by atoms with E-state index in [1.54, 1.807) is 52.7 Å². The Kier molecular flexibility index (Phi) is 22.5. The summed E-state index contributed by atoms with van der Waals surface area (Å²) in [6.45, 7) is 7.62. The van der Waals surface area contributed by atoms with Crippen LogP contribution in [0.15, 0.2) is 0 Å². The zero-order chi connectivity index (χ0) is 47.2. The van der Waals surface area contributed by atoms with Crippen molar-refractivity contribution in [1.82, 2.24) is 44.9 Å². The van der Waals surface area contributed by atoms with Crippen LogP contribution in [-0.4, -0.2) is 201 Å². The van der Waals surface area contributed by atoms with Crippen molar-refractivity contribution in [3.8, 4) is 0 Å². The Labute approximate surface area is 373 Å². The molecule has 0 aliphatic heterocycles. The lowest BCUT2D eigenvalue weighted by atomic mass is 10.5. The number of hydrogen-bond donors (Lipinski definition) is 1. The van der Waals surface area contributed by atoms with Gasteiger partial charge < -0.3 is 53.0 Å². The molecule has 28 nitrogen and oxygen atoms in total. The zero-order valence-corrected chi connectivity index (χ0v) is 39.2. The lowest BCUT2D eigenvalue weighted by molar-refractivity contribution is -0.117. The molecular formula is C36H64N18O10. The van der Waals surface area contributed by atoms with E-state index in [1.165, 1.54) is 66.2 Å². The van der Waals surface area contributed by atoms with E-state index >= 15 is 0 Å². The fourth-order valence-corrected chi connectivity index (χ4v) is 5.47. The summed E-state index contributed by atoms with van der Waals surface area (Å²) in [6.07, 6.45) is 0. The predicted octanol–water partition coefficient (Wildman–Crippen LogP) is 0.0139. The van der Waals surface area contributed by atoms with Crippen LogP contribution in [0.4, 0.5) is 53.5 Å². The van der Waals surface area contributed by atoms with Crippen LogP contribution in [0.25, 0.3) is 0 Å². The van der Waals surface area contributed by atoms with Gasteiger partial charge in [0, 0.05) is 90.8 Å². The second-order valence-electron chi connectivity index (χ2n) is 13.5. The number of carbonyl (C=O) groups is 2. The van der Waals surface area contributed by atoms with Gasteiger partial charge in [-0.3, -0.25) is 39.0 Å². The fraction of sp³-hybridized carbons (Fsp3) is 0.694.